The number of halogens is 1. The van der Waals surface area contributed by atoms with Gasteiger partial charge in [0.2, 0.25) is 0 Å². The molecule has 2 amide bonds. The summed E-state index contributed by atoms with van der Waals surface area (Å²) in [6.07, 6.45) is 1.76. The minimum absolute atomic E-state index is 0.0752. The summed E-state index contributed by atoms with van der Waals surface area (Å²) >= 11 is 1.60. The van der Waals surface area contributed by atoms with Crippen molar-refractivity contribution in [3.8, 4) is 0 Å². The summed E-state index contributed by atoms with van der Waals surface area (Å²) < 4.78 is 13.4. The molecule has 0 aliphatic rings. The highest BCUT2D eigenvalue weighted by molar-refractivity contribution is 7.99. The summed E-state index contributed by atoms with van der Waals surface area (Å²) in [6.45, 7) is 3.99. The van der Waals surface area contributed by atoms with E-state index in [9.17, 15) is 14.0 Å². The molecule has 1 aromatic carbocycles. The molecule has 0 aliphatic carbocycles. The van der Waals surface area contributed by atoms with Crippen molar-refractivity contribution in [2.45, 2.75) is 0 Å². The molecule has 5 nitrogen and oxygen atoms in total. The fraction of sp³-hybridized carbons (Fsp3) is 0.231. The minimum Gasteiger partial charge on any atom is -0.478 e. The van der Waals surface area contributed by atoms with Crippen LogP contribution < -0.4 is 10.6 Å². The number of anilines is 1. The van der Waals surface area contributed by atoms with Gasteiger partial charge in [0.1, 0.15) is 11.4 Å². The predicted molar refractivity (Wildman–Crippen MR) is 77.9 cm³/mol. The van der Waals surface area contributed by atoms with Gasteiger partial charge in [-0.25, -0.2) is 14.0 Å². The Hall–Kier alpha value is -2.02. The normalized spacial score (nSPS) is 9.85. The number of carbonyl (C=O) groups is 2. The molecule has 0 atom stereocenters. The predicted octanol–water partition coefficient (Wildman–Crippen LogP) is 2.56. The largest absolute Gasteiger partial charge is 0.478 e. The van der Waals surface area contributed by atoms with Crippen molar-refractivity contribution in [3.05, 3.63) is 42.2 Å². The van der Waals surface area contributed by atoms with E-state index in [1.165, 1.54) is 12.1 Å². The van der Waals surface area contributed by atoms with Crippen molar-refractivity contribution in [2.24, 2.45) is 0 Å². The molecule has 0 unspecified atom stereocenters. The first kappa shape index (κ1) is 16.0. The van der Waals surface area contributed by atoms with E-state index >= 15 is 0 Å². The second-order valence-corrected chi connectivity index (χ2v) is 4.86. The second-order valence-electron chi connectivity index (χ2n) is 3.71. The fourth-order valence-corrected chi connectivity index (χ4v) is 2.00. The Bertz CT molecular complexity index is 508. The SMILES string of the molecule is C=CCSCCNC(=O)Nc1cccc(F)c1C(=O)O. The Morgan fingerprint density at radius 1 is 1.45 bits per heavy atom. The fourth-order valence-electron chi connectivity index (χ4n) is 1.42. The third-order valence-electron chi connectivity index (χ3n) is 2.24. The van der Waals surface area contributed by atoms with Crippen LogP contribution in [0.3, 0.4) is 0 Å². The van der Waals surface area contributed by atoms with Crippen LogP contribution in [0.4, 0.5) is 14.9 Å². The molecule has 0 aromatic heterocycles. The van der Waals surface area contributed by atoms with Crippen LogP contribution in [0.15, 0.2) is 30.9 Å². The van der Waals surface area contributed by atoms with Crippen LogP contribution in [0.1, 0.15) is 10.4 Å². The third kappa shape index (κ3) is 4.93. The molecule has 0 saturated carbocycles. The monoisotopic (exact) mass is 298 g/mol. The van der Waals surface area contributed by atoms with Crippen molar-refractivity contribution in [3.63, 3.8) is 0 Å². The van der Waals surface area contributed by atoms with E-state index < -0.39 is 23.4 Å². The molecular weight excluding hydrogens is 283 g/mol. The van der Waals surface area contributed by atoms with E-state index in [4.69, 9.17) is 5.11 Å². The van der Waals surface area contributed by atoms with Crippen molar-refractivity contribution in [1.82, 2.24) is 5.32 Å². The van der Waals surface area contributed by atoms with Gasteiger partial charge >= 0.3 is 12.0 Å². The van der Waals surface area contributed by atoms with Gasteiger partial charge in [-0.1, -0.05) is 12.1 Å². The number of thioether (sulfide) groups is 1. The van der Waals surface area contributed by atoms with Crippen LogP contribution in [-0.4, -0.2) is 35.2 Å². The molecule has 0 fully saturated rings. The Morgan fingerprint density at radius 2 is 2.20 bits per heavy atom. The van der Waals surface area contributed by atoms with Crippen LogP contribution >= 0.6 is 11.8 Å². The number of benzene rings is 1. The maximum Gasteiger partial charge on any atom is 0.340 e. The van der Waals surface area contributed by atoms with Crippen LogP contribution in [-0.2, 0) is 0 Å². The highest BCUT2D eigenvalue weighted by Gasteiger charge is 2.16. The van der Waals surface area contributed by atoms with E-state index in [1.807, 2.05) is 0 Å². The van der Waals surface area contributed by atoms with Gasteiger partial charge in [-0.3, -0.25) is 0 Å². The number of hydrogen-bond donors (Lipinski definition) is 3. The number of amides is 2. The van der Waals surface area contributed by atoms with Gasteiger partial charge in [0.05, 0.1) is 5.69 Å². The zero-order valence-electron chi connectivity index (χ0n) is 10.7. The first-order valence-electron chi connectivity index (χ1n) is 5.81. The van der Waals surface area contributed by atoms with Crippen LogP contribution in [0.5, 0.6) is 0 Å². The number of urea groups is 1. The lowest BCUT2D eigenvalue weighted by molar-refractivity contribution is 0.0693. The molecule has 20 heavy (non-hydrogen) atoms. The van der Waals surface area contributed by atoms with Gasteiger partial charge in [-0.2, -0.15) is 11.8 Å². The molecule has 0 aliphatic heterocycles. The molecule has 1 aromatic rings. The second kappa shape index (κ2) is 8.21. The summed E-state index contributed by atoms with van der Waals surface area (Å²) in [6, 6.07) is 3.12. The standard InChI is InChI=1S/C13H15FN2O3S/c1-2-7-20-8-6-15-13(19)16-10-5-3-4-9(14)11(10)12(17)18/h2-5H,1,6-8H2,(H,17,18)(H2,15,16,19). The van der Waals surface area contributed by atoms with Gasteiger partial charge in [0, 0.05) is 18.1 Å². The maximum atomic E-state index is 13.4. The summed E-state index contributed by atoms with van der Waals surface area (Å²) in [5.41, 5.74) is -0.627. The maximum absolute atomic E-state index is 13.4. The lowest BCUT2D eigenvalue weighted by Gasteiger charge is -2.10. The first-order chi connectivity index (χ1) is 9.56. The van der Waals surface area contributed by atoms with Gasteiger partial charge in [0.15, 0.2) is 0 Å². The number of hydrogen-bond acceptors (Lipinski definition) is 3. The molecule has 0 saturated heterocycles. The zero-order valence-corrected chi connectivity index (χ0v) is 11.5. The van der Waals surface area contributed by atoms with Gasteiger partial charge in [-0.05, 0) is 12.1 Å². The average Bonchev–Trinajstić information content (AvgIpc) is 2.38. The van der Waals surface area contributed by atoms with Gasteiger partial charge < -0.3 is 15.7 Å². The van der Waals surface area contributed by atoms with E-state index in [2.05, 4.69) is 17.2 Å². The molecular formula is C13H15FN2O3S. The van der Waals surface area contributed by atoms with Crippen molar-refractivity contribution < 1.29 is 19.1 Å². The topological polar surface area (TPSA) is 78.4 Å². The van der Waals surface area contributed by atoms with Crippen LogP contribution in [0.25, 0.3) is 0 Å². The molecule has 0 bridgehead atoms. The summed E-state index contributed by atoms with van der Waals surface area (Å²) in [5, 5.41) is 13.8. The summed E-state index contributed by atoms with van der Waals surface area (Å²) in [5.74, 6) is -0.832. The number of carboxylic acid groups (broad SMARTS) is 1. The molecule has 0 spiro atoms. The molecule has 7 heteroatoms. The molecule has 0 radical (unpaired) electrons. The molecule has 1 rings (SSSR count). The summed E-state index contributed by atoms with van der Waals surface area (Å²) in [7, 11) is 0. The number of rotatable bonds is 7. The lowest BCUT2D eigenvalue weighted by atomic mass is 10.1. The summed E-state index contributed by atoms with van der Waals surface area (Å²) in [4.78, 5) is 22.5. The van der Waals surface area contributed by atoms with Crippen LogP contribution in [0, 0.1) is 5.82 Å². The van der Waals surface area contributed by atoms with Gasteiger partial charge in [-0.15, -0.1) is 6.58 Å². The lowest BCUT2D eigenvalue weighted by Crippen LogP contribution is -2.31. The highest BCUT2D eigenvalue weighted by Crippen LogP contribution is 2.18. The number of aromatic carboxylic acids is 1. The quantitative estimate of drug-likeness (QED) is 0.534. The van der Waals surface area contributed by atoms with Crippen molar-refractivity contribution in [2.75, 3.05) is 23.4 Å². The number of carboxylic acids is 1. The third-order valence-corrected chi connectivity index (χ3v) is 3.21. The zero-order chi connectivity index (χ0) is 15.0. The first-order valence-corrected chi connectivity index (χ1v) is 6.97. The van der Waals surface area contributed by atoms with Crippen molar-refractivity contribution >= 4 is 29.4 Å². The van der Waals surface area contributed by atoms with E-state index in [0.29, 0.717) is 12.3 Å². The highest BCUT2D eigenvalue weighted by atomic mass is 32.2. The van der Waals surface area contributed by atoms with Crippen molar-refractivity contribution in [1.29, 1.82) is 0 Å². The van der Waals surface area contributed by atoms with E-state index in [-0.39, 0.29) is 5.69 Å². The Balaban J connectivity index is 2.56. The Kier molecular flexibility index (Phi) is 6.58. The molecule has 108 valence electrons. The minimum atomic E-state index is -1.43. The average molecular weight is 298 g/mol. The molecule has 3 N–H and O–H groups in total. The van der Waals surface area contributed by atoms with Gasteiger partial charge in [0.25, 0.3) is 0 Å². The molecule has 0 heterocycles. The number of nitrogens with one attached hydrogen (secondary N) is 2. The van der Waals surface area contributed by atoms with Crippen LogP contribution in [0.2, 0.25) is 0 Å². The Morgan fingerprint density at radius 3 is 2.85 bits per heavy atom. The number of carbonyl (C=O) groups excluding carboxylic acids is 1. The Labute approximate surface area is 120 Å². The van der Waals surface area contributed by atoms with E-state index in [1.54, 1.807) is 17.8 Å². The smallest absolute Gasteiger partial charge is 0.340 e. The van der Waals surface area contributed by atoms with E-state index in [0.717, 1.165) is 11.8 Å².